The molecule has 0 saturated heterocycles. The van der Waals surface area contributed by atoms with Crippen molar-refractivity contribution in [3.63, 3.8) is 0 Å². The van der Waals surface area contributed by atoms with Gasteiger partial charge in [0.15, 0.2) is 0 Å². The maximum atomic E-state index is 12.6. The lowest BCUT2D eigenvalue weighted by Crippen LogP contribution is -1.84. The zero-order valence-corrected chi connectivity index (χ0v) is 6.95. The topological polar surface area (TPSA) is 0 Å². The van der Waals surface area contributed by atoms with Crippen molar-refractivity contribution in [2.45, 2.75) is 33.6 Å². The molecule has 0 aromatic carbocycles. The summed E-state index contributed by atoms with van der Waals surface area (Å²) < 4.78 is 12.6. The van der Waals surface area contributed by atoms with E-state index in [1.54, 1.807) is 6.08 Å². The molecule has 0 radical (unpaired) electrons. The molecule has 0 aromatic heterocycles. The first-order chi connectivity index (χ1) is 4.66. The highest BCUT2D eigenvalue weighted by atomic mass is 19.1. The van der Waals surface area contributed by atoms with Crippen molar-refractivity contribution in [3.8, 4) is 0 Å². The smallest absolute Gasteiger partial charge is 0.142 e. The molecular weight excluding hydrogens is 127 g/mol. The summed E-state index contributed by atoms with van der Waals surface area (Å²) in [7, 11) is 0. The molecule has 58 valence electrons. The van der Waals surface area contributed by atoms with E-state index >= 15 is 0 Å². The molecule has 10 heavy (non-hydrogen) atoms. The van der Waals surface area contributed by atoms with Crippen molar-refractivity contribution in [2.24, 2.45) is 5.92 Å². The first kappa shape index (κ1) is 9.45. The highest BCUT2D eigenvalue weighted by Crippen LogP contribution is 2.09. The van der Waals surface area contributed by atoms with Gasteiger partial charge in [0.1, 0.15) is 5.83 Å². The molecule has 0 aromatic rings. The fourth-order valence-corrected chi connectivity index (χ4v) is 0.630. The standard InChI is InChI=1S/C9H15F/c1-4-5-6-9(10)7-8(2)3/h5,8H,4,7H2,1-3H3. The third-order valence-electron chi connectivity index (χ3n) is 1.05. The molecule has 0 aliphatic rings. The minimum absolute atomic E-state index is 0.128. The molecule has 0 fully saturated rings. The molecule has 1 heteroatoms. The van der Waals surface area contributed by atoms with Gasteiger partial charge in [-0.05, 0) is 18.4 Å². The van der Waals surface area contributed by atoms with Crippen LogP contribution in [-0.2, 0) is 0 Å². The second-order valence-corrected chi connectivity index (χ2v) is 2.76. The zero-order valence-electron chi connectivity index (χ0n) is 6.95. The summed E-state index contributed by atoms with van der Waals surface area (Å²) in [5, 5.41) is 0. The van der Waals surface area contributed by atoms with Gasteiger partial charge in [-0.2, -0.15) is 0 Å². The average Bonchev–Trinajstić information content (AvgIpc) is 1.82. The Morgan fingerprint density at radius 1 is 1.60 bits per heavy atom. The van der Waals surface area contributed by atoms with E-state index in [2.05, 4.69) is 5.73 Å². The molecule has 0 spiro atoms. The van der Waals surface area contributed by atoms with Crippen molar-refractivity contribution in [3.05, 3.63) is 17.6 Å². The lowest BCUT2D eigenvalue weighted by molar-refractivity contribution is 0.518. The summed E-state index contributed by atoms with van der Waals surface area (Å²) in [5.74, 6) is 0.259. The summed E-state index contributed by atoms with van der Waals surface area (Å²) in [6.07, 6.45) is 3.08. The number of allylic oxidation sites excluding steroid dienone is 1. The van der Waals surface area contributed by atoms with E-state index in [4.69, 9.17) is 0 Å². The fraction of sp³-hybridized carbons (Fsp3) is 0.667. The third-order valence-corrected chi connectivity index (χ3v) is 1.05. The van der Waals surface area contributed by atoms with Crippen LogP contribution in [0.2, 0.25) is 0 Å². The maximum Gasteiger partial charge on any atom is 0.142 e. The minimum atomic E-state index is -0.128. The molecule has 0 aliphatic heterocycles. The van der Waals surface area contributed by atoms with E-state index in [-0.39, 0.29) is 5.83 Å². The van der Waals surface area contributed by atoms with Crippen molar-refractivity contribution in [2.75, 3.05) is 0 Å². The molecule has 0 amide bonds. The molecule has 0 nitrogen and oxygen atoms in total. The van der Waals surface area contributed by atoms with Gasteiger partial charge in [0.25, 0.3) is 0 Å². The summed E-state index contributed by atoms with van der Waals surface area (Å²) in [6.45, 7) is 5.95. The van der Waals surface area contributed by atoms with E-state index in [1.807, 2.05) is 20.8 Å². The Morgan fingerprint density at radius 3 is 2.60 bits per heavy atom. The van der Waals surface area contributed by atoms with E-state index in [1.165, 1.54) is 0 Å². The average molecular weight is 142 g/mol. The Morgan fingerprint density at radius 2 is 2.20 bits per heavy atom. The maximum absolute atomic E-state index is 12.6. The zero-order chi connectivity index (χ0) is 7.98. The summed E-state index contributed by atoms with van der Waals surface area (Å²) in [4.78, 5) is 0. The molecule has 0 unspecified atom stereocenters. The van der Waals surface area contributed by atoms with Crippen LogP contribution in [0.5, 0.6) is 0 Å². The normalized spacial score (nSPS) is 9.30. The molecule has 0 N–H and O–H groups in total. The Hall–Kier alpha value is -0.550. The quantitative estimate of drug-likeness (QED) is 0.529. The van der Waals surface area contributed by atoms with E-state index in [0.717, 1.165) is 6.42 Å². The van der Waals surface area contributed by atoms with E-state index < -0.39 is 0 Å². The molecule has 0 aliphatic carbocycles. The number of hydrogen-bond donors (Lipinski definition) is 0. The van der Waals surface area contributed by atoms with Gasteiger partial charge in [-0.3, -0.25) is 0 Å². The van der Waals surface area contributed by atoms with Gasteiger partial charge in [-0.15, -0.1) is 0 Å². The molecule has 0 atom stereocenters. The van der Waals surface area contributed by atoms with Crippen LogP contribution in [-0.4, -0.2) is 0 Å². The predicted molar refractivity (Wildman–Crippen MR) is 42.5 cm³/mol. The van der Waals surface area contributed by atoms with Crippen LogP contribution < -0.4 is 0 Å². The summed E-state index contributed by atoms with van der Waals surface area (Å²) in [5.41, 5.74) is 2.59. The van der Waals surface area contributed by atoms with Crippen LogP contribution in [0.1, 0.15) is 33.6 Å². The summed E-state index contributed by atoms with van der Waals surface area (Å²) in [6, 6.07) is 0. The molecule has 0 heterocycles. The number of hydrogen-bond acceptors (Lipinski definition) is 0. The summed E-state index contributed by atoms with van der Waals surface area (Å²) >= 11 is 0. The first-order valence-corrected chi connectivity index (χ1v) is 3.76. The van der Waals surface area contributed by atoms with Crippen LogP contribution in [0.4, 0.5) is 4.39 Å². The Kier molecular flexibility index (Phi) is 4.96. The van der Waals surface area contributed by atoms with Crippen LogP contribution in [0, 0.1) is 5.92 Å². The van der Waals surface area contributed by atoms with Crippen molar-refractivity contribution >= 4 is 0 Å². The molecular formula is C9H15F. The molecule has 0 rings (SSSR count). The largest absolute Gasteiger partial charge is 0.203 e. The second kappa shape index (κ2) is 5.25. The van der Waals surface area contributed by atoms with Crippen LogP contribution >= 0.6 is 0 Å². The Labute approximate surface area is 62.4 Å². The van der Waals surface area contributed by atoms with Gasteiger partial charge in [0.2, 0.25) is 0 Å². The van der Waals surface area contributed by atoms with Crippen molar-refractivity contribution < 1.29 is 4.39 Å². The lowest BCUT2D eigenvalue weighted by Gasteiger charge is -1.97. The fourth-order valence-electron chi connectivity index (χ4n) is 0.630. The lowest BCUT2D eigenvalue weighted by atomic mass is 10.1. The Balaban J connectivity index is 3.82. The molecule has 0 saturated carbocycles. The van der Waals surface area contributed by atoms with E-state index in [0.29, 0.717) is 12.3 Å². The van der Waals surface area contributed by atoms with Gasteiger partial charge in [0, 0.05) is 6.42 Å². The van der Waals surface area contributed by atoms with Crippen LogP contribution in [0.15, 0.2) is 17.6 Å². The van der Waals surface area contributed by atoms with Gasteiger partial charge >= 0.3 is 0 Å². The second-order valence-electron chi connectivity index (χ2n) is 2.76. The van der Waals surface area contributed by atoms with E-state index in [9.17, 15) is 4.39 Å². The predicted octanol–water partition coefficient (Wildman–Crippen LogP) is 3.45. The minimum Gasteiger partial charge on any atom is -0.203 e. The number of rotatable bonds is 3. The SMILES string of the molecule is CCC=C=C(F)CC(C)C. The van der Waals surface area contributed by atoms with Gasteiger partial charge in [0.05, 0.1) is 0 Å². The monoisotopic (exact) mass is 142 g/mol. The van der Waals surface area contributed by atoms with Crippen LogP contribution in [0.25, 0.3) is 0 Å². The van der Waals surface area contributed by atoms with Crippen molar-refractivity contribution in [1.29, 1.82) is 0 Å². The van der Waals surface area contributed by atoms with Crippen LogP contribution in [0.3, 0.4) is 0 Å². The number of halogens is 1. The highest BCUT2D eigenvalue weighted by Gasteiger charge is 1.96. The van der Waals surface area contributed by atoms with Gasteiger partial charge in [-0.1, -0.05) is 26.5 Å². The first-order valence-electron chi connectivity index (χ1n) is 3.76. The highest BCUT2D eigenvalue weighted by molar-refractivity contribution is 4.92. The Bertz CT molecular complexity index is 139. The van der Waals surface area contributed by atoms with Gasteiger partial charge < -0.3 is 0 Å². The van der Waals surface area contributed by atoms with Crippen molar-refractivity contribution in [1.82, 2.24) is 0 Å². The van der Waals surface area contributed by atoms with Gasteiger partial charge in [-0.25, -0.2) is 4.39 Å². The third kappa shape index (κ3) is 5.58. The molecule has 0 bridgehead atoms.